The number of hydrogen-bond acceptors (Lipinski definition) is 1. The lowest BCUT2D eigenvalue weighted by Crippen LogP contribution is -2.12. The van der Waals surface area contributed by atoms with E-state index in [1.54, 1.807) is 18.2 Å². The number of hydrogen-bond donors (Lipinski definition) is 1. The van der Waals surface area contributed by atoms with Gasteiger partial charge < -0.3 is 5.32 Å². The van der Waals surface area contributed by atoms with Crippen LogP contribution in [0.1, 0.15) is 12.0 Å². The molecule has 0 aromatic heterocycles. The Hall–Kier alpha value is -1.03. The molecule has 20 heavy (non-hydrogen) atoms. The van der Waals surface area contributed by atoms with E-state index >= 15 is 0 Å². The van der Waals surface area contributed by atoms with Gasteiger partial charge in [0.05, 0.1) is 0 Å². The molecule has 5 heteroatoms. The molecule has 2 aromatic rings. The fourth-order valence-electron chi connectivity index (χ4n) is 1.80. The molecule has 0 atom stereocenters. The summed E-state index contributed by atoms with van der Waals surface area (Å²) >= 11 is 15.5. The van der Waals surface area contributed by atoms with E-state index in [1.807, 2.05) is 24.3 Å². The van der Waals surface area contributed by atoms with Gasteiger partial charge in [-0.05, 0) is 42.3 Å². The Labute approximate surface area is 136 Å². The van der Waals surface area contributed by atoms with Gasteiger partial charge in [0.2, 0.25) is 5.91 Å². The second kappa shape index (κ2) is 7.11. The summed E-state index contributed by atoms with van der Waals surface area (Å²) in [5, 5.41) is 4.02. The van der Waals surface area contributed by atoms with Gasteiger partial charge in [0.1, 0.15) is 0 Å². The number of rotatable bonds is 4. The molecular weight excluding hydrogens is 361 g/mol. The SMILES string of the molecule is O=C(CCc1c(Cl)cccc1Cl)Nc1cccc(Br)c1. The molecule has 0 unspecified atom stereocenters. The van der Waals surface area contributed by atoms with Crippen molar-refractivity contribution >= 4 is 50.7 Å². The number of nitrogens with one attached hydrogen (secondary N) is 1. The highest BCUT2D eigenvalue weighted by molar-refractivity contribution is 9.10. The lowest BCUT2D eigenvalue weighted by molar-refractivity contribution is -0.116. The van der Waals surface area contributed by atoms with Gasteiger partial charge in [-0.3, -0.25) is 4.79 Å². The van der Waals surface area contributed by atoms with Crippen molar-refractivity contribution in [3.8, 4) is 0 Å². The van der Waals surface area contributed by atoms with Crippen LogP contribution in [0, 0.1) is 0 Å². The van der Waals surface area contributed by atoms with E-state index < -0.39 is 0 Å². The number of halogens is 3. The van der Waals surface area contributed by atoms with Gasteiger partial charge in [0.25, 0.3) is 0 Å². The third kappa shape index (κ3) is 4.23. The number of carbonyl (C=O) groups excluding carboxylic acids is 1. The van der Waals surface area contributed by atoms with Crippen LogP contribution in [0.4, 0.5) is 5.69 Å². The van der Waals surface area contributed by atoms with Crippen LogP contribution in [0.5, 0.6) is 0 Å². The van der Waals surface area contributed by atoms with Crippen LogP contribution in [0.2, 0.25) is 10.0 Å². The van der Waals surface area contributed by atoms with Crippen LogP contribution >= 0.6 is 39.1 Å². The van der Waals surface area contributed by atoms with E-state index in [0.29, 0.717) is 22.9 Å². The molecule has 2 aromatic carbocycles. The molecule has 0 bridgehead atoms. The van der Waals surface area contributed by atoms with Gasteiger partial charge >= 0.3 is 0 Å². The first kappa shape index (κ1) is 15.4. The zero-order chi connectivity index (χ0) is 14.5. The van der Waals surface area contributed by atoms with Crippen molar-refractivity contribution in [3.05, 3.63) is 62.5 Å². The van der Waals surface area contributed by atoms with Crippen molar-refractivity contribution in [2.45, 2.75) is 12.8 Å². The Morgan fingerprint density at radius 3 is 2.40 bits per heavy atom. The van der Waals surface area contributed by atoms with Crippen LogP contribution < -0.4 is 5.32 Å². The number of anilines is 1. The van der Waals surface area contributed by atoms with Crippen LogP contribution in [-0.2, 0) is 11.2 Å². The third-order valence-corrected chi connectivity index (χ3v) is 3.97. The zero-order valence-electron chi connectivity index (χ0n) is 10.5. The highest BCUT2D eigenvalue weighted by Gasteiger charge is 2.09. The summed E-state index contributed by atoms with van der Waals surface area (Å²) in [6.45, 7) is 0. The minimum absolute atomic E-state index is 0.0703. The molecule has 0 saturated carbocycles. The number of benzene rings is 2. The average molecular weight is 373 g/mol. The van der Waals surface area contributed by atoms with Gasteiger partial charge in [-0.25, -0.2) is 0 Å². The number of carbonyl (C=O) groups is 1. The van der Waals surface area contributed by atoms with Crippen LogP contribution in [0.25, 0.3) is 0 Å². The molecule has 1 amide bonds. The Kier molecular flexibility index (Phi) is 5.46. The van der Waals surface area contributed by atoms with Crippen molar-refractivity contribution in [3.63, 3.8) is 0 Å². The molecule has 104 valence electrons. The summed E-state index contributed by atoms with van der Waals surface area (Å²) in [4.78, 5) is 11.9. The zero-order valence-corrected chi connectivity index (χ0v) is 13.6. The highest BCUT2D eigenvalue weighted by Crippen LogP contribution is 2.25. The third-order valence-electron chi connectivity index (χ3n) is 2.77. The second-order valence-corrected chi connectivity index (χ2v) is 5.99. The van der Waals surface area contributed by atoms with Gasteiger partial charge in [0.15, 0.2) is 0 Å². The van der Waals surface area contributed by atoms with E-state index in [-0.39, 0.29) is 5.91 Å². The van der Waals surface area contributed by atoms with Crippen LogP contribution in [0.3, 0.4) is 0 Å². The minimum Gasteiger partial charge on any atom is -0.326 e. The van der Waals surface area contributed by atoms with Crippen LogP contribution in [0.15, 0.2) is 46.9 Å². The van der Waals surface area contributed by atoms with Gasteiger partial charge in [-0.1, -0.05) is 51.3 Å². The first-order valence-corrected chi connectivity index (χ1v) is 7.59. The second-order valence-electron chi connectivity index (χ2n) is 4.26. The molecule has 0 aliphatic rings. The van der Waals surface area contributed by atoms with Gasteiger partial charge in [0, 0.05) is 26.6 Å². The lowest BCUT2D eigenvalue weighted by atomic mass is 10.1. The highest BCUT2D eigenvalue weighted by atomic mass is 79.9. The van der Waals surface area contributed by atoms with E-state index in [2.05, 4.69) is 21.2 Å². The van der Waals surface area contributed by atoms with Crippen molar-refractivity contribution in [1.82, 2.24) is 0 Å². The maximum atomic E-state index is 11.9. The molecule has 2 rings (SSSR count). The molecule has 0 aliphatic heterocycles. The Morgan fingerprint density at radius 2 is 1.75 bits per heavy atom. The fraction of sp³-hybridized carbons (Fsp3) is 0.133. The molecule has 0 spiro atoms. The van der Waals surface area contributed by atoms with Crippen molar-refractivity contribution in [2.75, 3.05) is 5.32 Å². The molecule has 0 aliphatic carbocycles. The Morgan fingerprint density at radius 1 is 1.10 bits per heavy atom. The quantitative estimate of drug-likeness (QED) is 0.772. The summed E-state index contributed by atoms with van der Waals surface area (Å²) in [7, 11) is 0. The number of amides is 1. The monoisotopic (exact) mass is 371 g/mol. The first-order valence-electron chi connectivity index (χ1n) is 6.04. The summed E-state index contributed by atoms with van der Waals surface area (Å²) < 4.78 is 0.921. The van der Waals surface area contributed by atoms with Crippen molar-refractivity contribution in [2.24, 2.45) is 0 Å². The normalized spacial score (nSPS) is 10.3. The molecule has 0 saturated heterocycles. The van der Waals surface area contributed by atoms with Gasteiger partial charge in [-0.2, -0.15) is 0 Å². The Balaban J connectivity index is 1.96. The maximum absolute atomic E-state index is 11.9. The lowest BCUT2D eigenvalue weighted by Gasteiger charge is -2.08. The first-order chi connectivity index (χ1) is 9.56. The van der Waals surface area contributed by atoms with Crippen molar-refractivity contribution in [1.29, 1.82) is 0 Å². The average Bonchev–Trinajstić information content (AvgIpc) is 2.38. The van der Waals surface area contributed by atoms with Crippen LogP contribution in [-0.4, -0.2) is 5.91 Å². The summed E-state index contributed by atoms with van der Waals surface area (Å²) in [6, 6.07) is 12.8. The van der Waals surface area contributed by atoms with E-state index in [1.165, 1.54) is 0 Å². The molecule has 1 N–H and O–H groups in total. The van der Waals surface area contributed by atoms with Crippen molar-refractivity contribution < 1.29 is 4.79 Å². The minimum atomic E-state index is -0.0703. The van der Waals surface area contributed by atoms with Gasteiger partial charge in [-0.15, -0.1) is 0 Å². The predicted octanol–water partition coefficient (Wildman–Crippen LogP) is 5.33. The van der Waals surface area contributed by atoms with E-state index in [9.17, 15) is 4.79 Å². The standard InChI is InChI=1S/C15H12BrCl2NO/c16-10-3-1-4-11(9-10)19-15(20)8-7-12-13(17)5-2-6-14(12)18/h1-6,9H,7-8H2,(H,19,20). The maximum Gasteiger partial charge on any atom is 0.224 e. The fourth-order valence-corrected chi connectivity index (χ4v) is 2.79. The molecule has 2 nitrogen and oxygen atoms in total. The summed E-state index contributed by atoms with van der Waals surface area (Å²) in [5.74, 6) is -0.0703. The summed E-state index contributed by atoms with van der Waals surface area (Å²) in [5.41, 5.74) is 1.56. The molecule has 0 radical (unpaired) electrons. The molecule has 0 heterocycles. The Bertz CT molecular complexity index is 611. The summed E-state index contributed by atoms with van der Waals surface area (Å²) in [6.07, 6.45) is 0.842. The predicted molar refractivity (Wildman–Crippen MR) is 87.6 cm³/mol. The van der Waals surface area contributed by atoms with E-state index in [0.717, 1.165) is 15.7 Å². The molecule has 0 fully saturated rings. The molecular formula is C15H12BrCl2NO. The topological polar surface area (TPSA) is 29.1 Å². The van der Waals surface area contributed by atoms with E-state index in [4.69, 9.17) is 23.2 Å². The largest absolute Gasteiger partial charge is 0.326 e. The smallest absolute Gasteiger partial charge is 0.224 e.